The summed E-state index contributed by atoms with van der Waals surface area (Å²) in [5, 5.41) is 16.6. The largest absolute Gasteiger partial charge is 0.507 e. The Balaban J connectivity index is 1.29. The van der Waals surface area contributed by atoms with Crippen molar-refractivity contribution in [1.29, 1.82) is 0 Å². The van der Waals surface area contributed by atoms with Gasteiger partial charge in [0.1, 0.15) is 17.3 Å². The third-order valence-corrected chi connectivity index (χ3v) is 5.31. The van der Waals surface area contributed by atoms with Crippen molar-refractivity contribution in [1.82, 2.24) is 15.6 Å². The van der Waals surface area contributed by atoms with Crippen LogP contribution in [0.3, 0.4) is 0 Å². The molecule has 7 heteroatoms. The van der Waals surface area contributed by atoms with Crippen molar-refractivity contribution >= 4 is 11.7 Å². The molecular formula is C21H26N4O3. The zero-order chi connectivity index (χ0) is 19.5. The van der Waals surface area contributed by atoms with Crippen LogP contribution < -0.4 is 20.3 Å². The van der Waals surface area contributed by atoms with Crippen LogP contribution in [0, 0.1) is 0 Å². The Morgan fingerprint density at radius 2 is 2.11 bits per heavy atom. The van der Waals surface area contributed by atoms with Gasteiger partial charge in [-0.3, -0.25) is 4.79 Å². The van der Waals surface area contributed by atoms with Gasteiger partial charge in [0.2, 0.25) is 0 Å². The van der Waals surface area contributed by atoms with E-state index in [9.17, 15) is 9.90 Å². The van der Waals surface area contributed by atoms with Crippen LogP contribution in [0.1, 0.15) is 35.2 Å². The fourth-order valence-electron chi connectivity index (χ4n) is 3.41. The van der Waals surface area contributed by atoms with Gasteiger partial charge in [0, 0.05) is 49.5 Å². The van der Waals surface area contributed by atoms with Gasteiger partial charge in [-0.1, -0.05) is 6.07 Å². The van der Waals surface area contributed by atoms with Crippen molar-refractivity contribution in [2.75, 3.05) is 25.1 Å². The Morgan fingerprint density at radius 1 is 1.25 bits per heavy atom. The summed E-state index contributed by atoms with van der Waals surface area (Å²) >= 11 is 0. The van der Waals surface area contributed by atoms with Gasteiger partial charge in [-0.2, -0.15) is 0 Å². The fraction of sp³-hybridized carbons (Fsp3) is 0.429. The molecule has 2 fully saturated rings. The van der Waals surface area contributed by atoms with E-state index >= 15 is 0 Å². The van der Waals surface area contributed by atoms with Gasteiger partial charge < -0.3 is 25.4 Å². The molecule has 0 bridgehead atoms. The number of phenolic OH excluding ortho intramolecular Hbond substituents is 1. The molecule has 2 aromatic rings. The van der Waals surface area contributed by atoms with Crippen LogP contribution in [0.2, 0.25) is 0 Å². The molecule has 1 aliphatic heterocycles. The van der Waals surface area contributed by atoms with E-state index in [0.717, 1.165) is 43.7 Å². The second-order valence-electron chi connectivity index (χ2n) is 7.46. The Morgan fingerprint density at radius 3 is 2.79 bits per heavy atom. The Kier molecular flexibility index (Phi) is 5.34. The number of phenols is 1. The number of methoxy groups -OCH3 is 1. The number of aromatic nitrogens is 1. The number of amides is 1. The van der Waals surface area contributed by atoms with Crippen LogP contribution in [0.25, 0.3) is 0 Å². The maximum Gasteiger partial charge on any atom is 0.253 e. The normalized spacial score (nSPS) is 18.9. The molecule has 0 spiro atoms. The number of nitrogens with zero attached hydrogens (tertiary/aromatic N) is 2. The lowest BCUT2D eigenvalue weighted by Gasteiger charge is -2.18. The number of aromatic hydroxyl groups is 1. The Bertz CT molecular complexity index is 836. The molecule has 1 aliphatic carbocycles. The highest BCUT2D eigenvalue weighted by atomic mass is 16.5. The van der Waals surface area contributed by atoms with Crippen molar-refractivity contribution < 1.29 is 14.6 Å². The molecule has 7 nitrogen and oxygen atoms in total. The molecule has 148 valence electrons. The lowest BCUT2D eigenvalue weighted by Crippen LogP contribution is -2.32. The molecule has 1 aromatic carbocycles. The van der Waals surface area contributed by atoms with E-state index in [1.807, 2.05) is 24.3 Å². The van der Waals surface area contributed by atoms with E-state index < -0.39 is 0 Å². The molecular weight excluding hydrogens is 356 g/mol. The summed E-state index contributed by atoms with van der Waals surface area (Å²) in [5.41, 5.74) is 1.46. The van der Waals surface area contributed by atoms with Crippen molar-refractivity contribution in [2.45, 2.75) is 37.9 Å². The van der Waals surface area contributed by atoms with Crippen molar-refractivity contribution in [3.63, 3.8) is 0 Å². The first kappa shape index (κ1) is 18.6. The molecule has 1 saturated heterocycles. The van der Waals surface area contributed by atoms with Crippen LogP contribution in [0.4, 0.5) is 5.82 Å². The SMILES string of the molecule is COc1ccc(CN[C@H]2CCN(c3ccc(C(=O)NC4CC4)cn3)C2)c(O)c1. The van der Waals surface area contributed by atoms with Crippen molar-refractivity contribution in [2.24, 2.45) is 0 Å². The molecule has 0 radical (unpaired) electrons. The summed E-state index contributed by atoms with van der Waals surface area (Å²) in [6.07, 6.45) is 4.81. The fourth-order valence-corrected chi connectivity index (χ4v) is 3.41. The number of carbonyl (C=O) groups excluding carboxylic acids is 1. The predicted molar refractivity (Wildman–Crippen MR) is 107 cm³/mol. The van der Waals surface area contributed by atoms with Gasteiger partial charge in [-0.15, -0.1) is 0 Å². The third kappa shape index (κ3) is 4.36. The van der Waals surface area contributed by atoms with Crippen LogP contribution in [-0.4, -0.2) is 48.3 Å². The average molecular weight is 382 g/mol. The number of carbonyl (C=O) groups is 1. The van der Waals surface area contributed by atoms with Crippen LogP contribution in [0.5, 0.6) is 11.5 Å². The van der Waals surface area contributed by atoms with E-state index in [2.05, 4.69) is 20.5 Å². The molecule has 1 amide bonds. The van der Waals surface area contributed by atoms with Crippen LogP contribution >= 0.6 is 0 Å². The zero-order valence-corrected chi connectivity index (χ0v) is 16.0. The van der Waals surface area contributed by atoms with Gasteiger partial charge in [-0.05, 0) is 37.5 Å². The Labute approximate surface area is 164 Å². The van der Waals surface area contributed by atoms with Crippen molar-refractivity contribution in [3.8, 4) is 11.5 Å². The third-order valence-electron chi connectivity index (χ3n) is 5.31. The van der Waals surface area contributed by atoms with Gasteiger partial charge in [0.25, 0.3) is 5.91 Å². The van der Waals surface area contributed by atoms with Crippen molar-refractivity contribution in [3.05, 3.63) is 47.7 Å². The van der Waals surface area contributed by atoms with E-state index in [1.54, 1.807) is 19.4 Å². The van der Waals surface area contributed by atoms with E-state index in [0.29, 0.717) is 29.9 Å². The molecule has 1 aromatic heterocycles. The second kappa shape index (κ2) is 8.06. The quantitative estimate of drug-likeness (QED) is 0.680. The zero-order valence-electron chi connectivity index (χ0n) is 16.0. The van der Waals surface area contributed by atoms with Gasteiger partial charge in [-0.25, -0.2) is 4.98 Å². The topological polar surface area (TPSA) is 86.7 Å². The standard InChI is InChI=1S/C21H26N4O3/c1-28-18-6-2-14(19(26)10-18)11-22-17-8-9-25(13-17)20-7-3-15(12-23-20)21(27)24-16-4-5-16/h2-3,6-7,10,12,16-17,22,26H,4-5,8-9,11,13H2,1H3,(H,24,27)/t17-/m0/s1. The first-order valence-corrected chi connectivity index (χ1v) is 9.73. The summed E-state index contributed by atoms with van der Waals surface area (Å²) in [6.45, 7) is 2.35. The summed E-state index contributed by atoms with van der Waals surface area (Å²) in [7, 11) is 1.58. The molecule has 2 heterocycles. The summed E-state index contributed by atoms with van der Waals surface area (Å²) in [4.78, 5) is 18.8. The number of benzene rings is 1. The highest BCUT2D eigenvalue weighted by Crippen LogP contribution is 2.24. The lowest BCUT2D eigenvalue weighted by atomic mass is 10.1. The number of anilines is 1. The van der Waals surface area contributed by atoms with Gasteiger partial charge >= 0.3 is 0 Å². The summed E-state index contributed by atoms with van der Waals surface area (Å²) in [5.74, 6) is 1.73. The highest BCUT2D eigenvalue weighted by Gasteiger charge is 2.25. The van der Waals surface area contributed by atoms with E-state index in [1.165, 1.54) is 0 Å². The minimum atomic E-state index is -0.0400. The minimum Gasteiger partial charge on any atom is -0.507 e. The first-order chi connectivity index (χ1) is 13.6. The van der Waals surface area contributed by atoms with E-state index in [-0.39, 0.29) is 11.7 Å². The second-order valence-corrected chi connectivity index (χ2v) is 7.46. The number of nitrogens with one attached hydrogen (secondary N) is 2. The molecule has 3 N–H and O–H groups in total. The molecule has 0 unspecified atom stereocenters. The highest BCUT2D eigenvalue weighted by molar-refractivity contribution is 5.94. The van der Waals surface area contributed by atoms with Gasteiger partial charge in [0.15, 0.2) is 0 Å². The molecule has 2 aliphatic rings. The predicted octanol–water partition coefficient (Wildman–Crippen LogP) is 2.06. The number of rotatable bonds is 7. The van der Waals surface area contributed by atoms with Crippen LogP contribution in [-0.2, 0) is 6.54 Å². The molecule has 28 heavy (non-hydrogen) atoms. The number of pyridine rings is 1. The number of ether oxygens (including phenoxy) is 1. The lowest BCUT2D eigenvalue weighted by molar-refractivity contribution is 0.0950. The monoisotopic (exact) mass is 382 g/mol. The maximum atomic E-state index is 12.1. The first-order valence-electron chi connectivity index (χ1n) is 9.73. The summed E-state index contributed by atoms with van der Waals surface area (Å²) < 4.78 is 5.12. The number of hydrogen-bond acceptors (Lipinski definition) is 6. The molecule has 1 atom stereocenters. The van der Waals surface area contributed by atoms with E-state index in [4.69, 9.17) is 4.74 Å². The Hall–Kier alpha value is -2.80. The molecule has 1 saturated carbocycles. The maximum absolute atomic E-state index is 12.1. The smallest absolute Gasteiger partial charge is 0.253 e. The minimum absolute atomic E-state index is 0.0400. The molecule has 4 rings (SSSR count). The van der Waals surface area contributed by atoms with Gasteiger partial charge in [0.05, 0.1) is 12.7 Å². The van der Waals surface area contributed by atoms with Crippen LogP contribution in [0.15, 0.2) is 36.5 Å². The average Bonchev–Trinajstić information content (AvgIpc) is 3.40. The number of hydrogen-bond donors (Lipinski definition) is 3. The summed E-state index contributed by atoms with van der Waals surface area (Å²) in [6, 6.07) is 9.78.